The number of ether oxygens (including phenoxy) is 2. The zero-order valence-corrected chi connectivity index (χ0v) is 16.4. The fourth-order valence-electron chi connectivity index (χ4n) is 3.18. The number of aromatic nitrogens is 2. The molecule has 1 unspecified atom stereocenters. The third-order valence-electron chi connectivity index (χ3n) is 4.58. The summed E-state index contributed by atoms with van der Waals surface area (Å²) in [4.78, 5) is 35.6. The van der Waals surface area contributed by atoms with Gasteiger partial charge in [0.1, 0.15) is 6.61 Å². The van der Waals surface area contributed by atoms with Crippen LogP contribution in [-0.4, -0.2) is 40.3 Å². The number of esters is 1. The molecule has 0 saturated heterocycles. The Balaban J connectivity index is 1.94. The third kappa shape index (κ3) is 3.49. The molecule has 8 heteroatoms. The minimum absolute atomic E-state index is 0.109. The molecule has 27 heavy (non-hydrogen) atoms. The number of carbonyl (C=O) groups excluding carboxylic acids is 2. The number of nitrogens with zero attached hydrogens (tertiary/aromatic N) is 3. The average molecular weight is 387 g/mol. The summed E-state index contributed by atoms with van der Waals surface area (Å²) in [5, 5.41) is 0.526. The first-order valence-corrected chi connectivity index (χ1v) is 9.62. The van der Waals surface area contributed by atoms with Gasteiger partial charge >= 0.3 is 12.1 Å². The molecule has 1 aliphatic heterocycles. The van der Waals surface area contributed by atoms with Crippen molar-refractivity contribution in [2.75, 3.05) is 13.4 Å². The molecule has 0 aliphatic carbocycles. The molecule has 142 valence electrons. The van der Waals surface area contributed by atoms with E-state index < -0.39 is 23.6 Å². The van der Waals surface area contributed by atoms with Crippen LogP contribution in [0.5, 0.6) is 0 Å². The molecule has 1 aromatic carbocycles. The average Bonchev–Trinajstić information content (AvgIpc) is 2.93. The highest BCUT2D eigenvalue weighted by Gasteiger charge is 2.52. The maximum absolute atomic E-state index is 12.9. The summed E-state index contributed by atoms with van der Waals surface area (Å²) in [5.74, 6) is -0.566. The van der Waals surface area contributed by atoms with Gasteiger partial charge in [0.25, 0.3) is 0 Å². The number of amides is 1. The fourth-order valence-corrected chi connectivity index (χ4v) is 3.53. The van der Waals surface area contributed by atoms with Crippen LogP contribution in [-0.2, 0) is 26.4 Å². The number of benzene rings is 1. The Bertz CT molecular complexity index is 857. The van der Waals surface area contributed by atoms with E-state index in [0.29, 0.717) is 16.4 Å². The van der Waals surface area contributed by atoms with Crippen molar-refractivity contribution in [1.82, 2.24) is 14.9 Å². The Kier molecular flexibility index (Phi) is 5.36. The molecule has 1 aliphatic rings. The number of carbonyl (C=O) groups is 2. The second-order valence-corrected chi connectivity index (χ2v) is 7.32. The molecule has 1 amide bonds. The SMILES string of the molecule is COC(=O)C1c2nc(SC)ncc2C(C)(C)N1C(=O)OCc1ccccc1. The van der Waals surface area contributed by atoms with Crippen molar-refractivity contribution in [2.45, 2.75) is 37.2 Å². The number of hydrogen-bond donors (Lipinski definition) is 0. The summed E-state index contributed by atoms with van der Waals surface area (Å²) in [6.07, 6.45) is 2.90. The van der Waals surface area contributed by atoms with Crippen molar-refractivity contribution in [3.8, 4) is 0 Å². The monoisotopic (exact) mass is 387 g/mol. The lowest BCUT2D eigenvalue weighted by molar-refractivity contribution is -0.148. The minimum Gasteiger partial charge on any atom is -0.467 e. The second kappa shape index (κ2) is 7.56. The first-order chi connectivity index (χ1) is 12.9. The topological polar surface area (TPSA) is 81.6 Å². The van der Waals surface area contributed by atoms with Crippen LogP contribution >= 0.6 is 11.8 Å². The highest BCUT2D eigenvalue weighted by Crippen LogP contribution is 2.46. The minimum atomic E-state index is -0.975. The van der Waals surface area contributed by atoms with Crippen molar-refractivity contribution >= 4 is 23.8 Å². The molecular formula is C19H21N3O4S. The van der Waals surface area contributed by atoms with Gasteiger partial charge in [-0.2, -0.15) is 0 Å². The van der Waals surface area contributed by atoms with Crippen molar-refractivity contribution in [1.29, 1.82) is 0 Å². The number of thioether (sulfide) groups is 1. The van der Waals surface area contributed by atoms with Crippen LogP contribution in [0.4, 0.5) is 4.79 Å². The molecule has 1 atom stereocenters. The van der Waals surface area contributed by atoms with Crippen molar-refractivity contribution in [3.63, 3.8) is 0 Å². The molecule has 0 bridgehead atoms. The summed E-state index contributed by atoms with van der Waals surface area (Å²) in [5.41, 5.74) is 1.22. The van der Waals surface area contributed by atoms with E-state index in [1.54, 1.807) is 6.20 Å². The predicted molar refractivity (Wildman–Crippen MR) is 100 cm³/mol. The number of rotatable bonds is 4. The Morgan fingerprint density at radius 2 is 1.96 bits per heavy atom. The molecule has 1 aromatic heterocycles. The van der Waals surface area contributed by atoms with E-state index >= 15 is 0 Å². The molecule has 2 aromatic rings. The molecule has 0 spiro atoms. The van der Waals surface area contributed by atoms with Crippen LogP contribution in [0.2, 0.25) is 0 Å². The molecule has 0 N–H and O–H groups in total. The van der Waals surface area contributed by atoms with Gasteiger partial charge in [0, 0.05) is 11.8 Å². The van der Waals surface area contributed by atoms with Crippen LogP contribution < -0.4 is 0 Å². The van der Waals surface area contributed by atoms with Crippen molar-refractivity contribution in [2.24, 2.45) is 0 Å². The maximum atomic E-state index is 12.9. The van der Waals surface area contributed by atoms with Gasteiger partial charge in [0.15, 0.2) is 11.2 Å². The Hall–Kier alpha value is -2.61. The first-order valence-electron chi connectivity index (χ1n) is 8.39. The number of fused-ring (bicyclic) bond motifs is 1. The van der Waals surface area contributed by atoms with E-state index in [1.807, 2.05) is 50.4 Å². The summed E-state index contributed by atoms with van der Waals surface area (Å²) in [6, 6.07) is 8.39. The fraction of sp³-hybridized carbons (Fsp3) is 0.368. The van der Waals surface area contributed by atoms with Gasteiger partial charge in [0.05, 0.1) is 18.3 Å². The zero-order valence-electron chi connectivity index (χ0n) is 15.6. The van der Waals surface area contributed by atoms with Crippen molar-refractivity contribution < 1.29 is 19.1 Å². The van der Waals surface area contributed by atoms with E-state index in [1.165, 1.54) is 23.8 Å². The maximum Gasteiger partial charge on any atom is 0.411 e. The zero-order chi connectivity index (χ0) is 19.6. The van der Waals surface area contributed by atoms with Gasteiger partial charge in [-0.25, -0.2) is 19.6 Å². The Morgan fingerprint density at radius 3 is 2.59 bits per heavy atom. The molecule has 7 nitrogen and oxygen atoms in total. The van der Waals surface area contributed by atoms with Gasteiger partial charge in [0.2, 0.25) is 0 Å². The molecule has 0 fully saturated rings. The summed E-state index contributed by atoms with van der Waals surface area (Å²) < 4.78 is 10.4. The Morgan fingerprint density at radius 1 is 1.26 bits per heavy atom. The third-order valence-corrected chi connectivity index (χ3v) is 5.15. The lowest BCUT2D eigenvalue weighted by Crippen LogP contribution is -2.45. The van der Waals surface area contributed by atoms with E-state index in [0.717, 1.165) is 5.56 Å². The normalized spacial score (nSPS) is 17.3. The van der Waals surface area contributed by atoms with Gasteiger partial charge in [-0.15, -0.1) is 0 Å². The molecule has 0 radical (unpaired) electrons. The smallest absolute Gasteiger partial charge is 0.411 e. The van der Waals surface area contributed by atoms with Crippen LogP contribution in [0.15, 0.2) is 41.7 Å². The molecular weight excluding hydrogens is 366 g/mol. The summed E-state index contributed by atoms with van der Waals surface area (Å²) in [7, 11) is 1.29. The lowest BCUT2D eigenvalue weighted by atomic mass is 9.97. The Labute approximate surface area is 162 Å². The van der Waals surface area contributed by atoms with Gasteiger partial charge in [-0.1, -0.05) is 42.1 Å². The highest BCUT2D eigenvalue weighted by molar-refractivity contribution is 7.98. The molecule has 3 rings (SSSR count). The first kappa shape index (κ1) is 19.2. The van der Waals surface area contributed by atoms with E-state index in [-0.39, 0.29) is 6.61 Å². The van der Waals surface area contributed by atoms with E-state index in [2.05, 4.69) is 9.97 Å². The van der Waals surface area contributed by atoms with Gasteiger partial charge in [-0.3, -0.25) is 4.90 Å². The summed E-state index contributed by atoms with van der Waals surface area (Å²) >= 11 is 1.36. The van der Waals surface area contributed by atoms with Crippen LogP contribution in [0, 0.1) is 0 Å². The number of hydrogen-bond acceptors (Lipinski definition) is 7. The lowest BCUT2D eigenvalue weighted by Gasteiger charge is -2.33. The van der Waals surface area contributed by atoms with Gasteiger partial charge < -0.3 is 9.47 Å². The molecule has 0 saturated carbocycles. The second-order valence-electron chi connectivity index (χ2n) is 6.55. The predicted octanol–water partition coefficient (Wildman–Crippen LogP) is 3.30. The van der Waals surface area contributed by atoms with E-state index in [4.69, 9.17) is 9.47 Å². The van der Waals surface area contributed by atoms with Crippen molar-refractivity contribution in [3.05, 3.63) is 53.3 Å². The standard InChI is InChI=1S/C19H21N3O4S/c1-19(2)13-10-20-17(27-4)21-14(13)15(16(23)25-3)22(19)18(24)26-11-12-8-6-5-7-9-12/h5-10,15H,11H2,1-4H3. The number of methoxy groups -OCH3 is 1. The van der Waals surface area contributed by atoms with Gasteiger partial charge in [-0.05, 0) is 25.7 Å². The van der Waals surface area contributed by atoms with Crippen LogP contribution in [0.3, 0.4) is 0 Å². The highest BCUT2D eigenvalue weighted by atomic mass is 32.2. The van der Waals surface area contributed by atoms with Crippen LogP contribution in [0.1, 0.15) is 36.7 Å². The molecule has 2 heterocycles. The van der Waals surface area contributed by atoms with Crippen LogP contribution in [0.25, 0.3) is 0 Å². The largest absolute Gasteiger partial charge is 0.467 e. The quantitative estimate of drug-likeness (QED) is 0.452. The summed E-state index contributed by atoms with van der Waals surface area (Å²) in [6.45, 7) is 3.78. The van der Waals surface area contributed by atoms with E-state index in [9.17, 15) is 9.59 Å².